The highest BCUT2D eigenvalue weighted by Gasteiger charge is 2.13. The van der Waals surface area contributed by atoms with Gasteiger partial charge in [0.2, 0.25) is 0 Å². The summed E-state index contributed by atoms with van der Waals surface area (Å²) in [7, 11) is 1.40. The number of ether oxygens (including phenoxy) is 1. The van der Waals surface area contributed by atoms with E-state index < -0.39 is 11.6 Å². The van der Waals surface area contributed by atoms with Crippen molar-refractivity contribution in [2.24, 2.45) is 0 Å². The van der Waals surface area contributed by atoms with Crippen molar-refractivity contribution < 1.29 is 13.5 Å². The standard InChI is InChI=1S/C17H12ClF2N3O/c1-24-14-7-10(19)5-6-11(14)12-8-17(21-9-13(12)20)23-16-4-2-3-15(18)22-16/h2-9H,1H3,(H,21,22,23). The number of hydrogen-bond donors (Lipinski definition) is 1. The van der Waals surface area contributed by atoms with E-state index in [2.05, 4.69) is 15.3 Å². The monoisotopic (exact) mass is 347 g/mol. The number of anilines is 2. The molecule has 0 aliphatic rings. The average molecular weight is 348 g/mol. The summed E-state index contributed by atoms with van der Waals surface area (Å²) in [5.41, 5.74) is 0.646. The molecule has 3 rings (SSSR count). The Morgan fingerprint density at radius 3 is 2.62 bits per heavy atom. The molecule has 122 valence electrons. The van der Waals surface area contributed by atoms with E-state index in [4.69, 9.17) is 16.3 Å². The minimum absolute atomic E-state index is 0.228. The highest BCUT2D eigenvalue weighted by Crippen LogP contribution is 2.33. The second-order valence-electron chi connectivity index (χ2n) is 4.86. The van der Waals surface area contributed by atoms with Gasteiger partial charge < -0.3 is 10.1 Å². The number of halogens is 3. The van der Waals surface area contributed by atoms with Crippen molar-refractivity contribution in [1.29, 1.82) is 0 Å². The molecule has 2 aromatic heterocycles. The van der Waals surface area contributed by atoms with Crippen LogP contribution >= 0.6 is 11.6 Å². The summed E-state index contributed by atoms with van der Waals surface area (Å²) in [4.78, 5) is 8.06. The molecule has 0 bridgehead atoms. The van der Waals surface area contributed by atoms with E-state index in [0.717, 1.165) is 6.20 Å². The predicted molar refractivity (Wildman–Crippen MR) is 88.7 cm³/mol. The number of rotatable bonds is 4. The largest absolute Gasteiger partial charge is 0.496 e. The zero-order chi connectivity index (χ0) is 17.1. The Kier molecular flexibility index (Phi) is 4.57. The van der Waals surface area contributed by atoms with E-state index in [1.807, 2.05) is 0 Å². The lowest BCUT2D eigenvalue weighted by atomic mass is 10.0. The first-order chi connectivity index (χ1) is 11.6. The first kappa shape index (κ1) is 16.1. The molecule has 0 fully saturated rings. The lowest BCUT2D eigenvalue weighted by Gasteiger charge is -2.11. The maximum Gasteiger partial charge on any atom is 0.149 e. The average Bonchev–Trinajstić information content (AvgIpc) is 2.57. The van der Waals surface area contributed by atoms with Crippen LogP contribution in [0.1, 0.15) is 0 Å². The number of pyridine rings is 2. The summed E-state index contributed by atoms with van der Waals surface area (Å²) in [6.07, 6.45) is 1.07. The molecule has 0 atom stereocenters. The van der Waals surface area contributed by atoms with E-state index in [-0.39, 0.29) is 11.3 Å². The smallest absolute Gasteiger partial charge is 0.149 e. The molecule has 0 amide bonds. The van der Waals surface area contributed by atoms with Crippen LogP contribution in [-0.4, -0.2) is 17.1 Å². The summed E-state index contributed by atoms with van der Waals surface area (Å²) in [5, 5.41) is 3.26. The van der Waals surface area contributed by atoms with E-state index >= 15 is 0 Å². The van der Waals surface area contributed by atoms with Crippen molar-refractivity contribution >= 4 is 23.2 Å². The molecular formula is C17H12ClF2N3O. The molecular weight excluding hydrogens is 336 g/mol. The second kappa shape index (κ2) is 6.80. The van der Waals surface area contributed by atoms with Crippen molar-refractivity contribution in [1.82, 2.24) is 9.97 Å². The number of aromatic nitrogens is 2. The van der Waals surface area contributed by atoms with Gasteiger partial charge in [0.05, 0.1) is 13.3 Å². The van der Waals surface area contributed by atoms with Crippen LogP contribution in [0.3, 0.4) is 0 Å². The number of benzene rings is 1. The van der Waals surface area contributed by atoms with Crippen molar-refractivity contribution in [2.45, 2.75) is 0 Å². The lowest BCUT2D eigenvalue weighted by Crippen LogP contribution is -1.99. The lowest BCUT2D eigenvalue weighted by molar-refractivity contribution is 0.412. The summed E-state index contributed by atoms with van der Waals surface area (Å²) in [6, 6.07) is 10.5. The van der Waals surface area contributed by atoms with Crippen molar-refractivity contribution in [3.8, 4) is 16.9 Å². The zero-order valence-electron chi connectivity index (χ0n) is 12.6. The Hall–Kier alpha value is -2.73. The fourth-order valence-electron chi connectivity index (χ4n) is 2.21. The van der Waals surface area contributed by atoms with Gasteiger partial charge in [0.1, 0.15) is 34.2 Å². The molecule has 4 nitrogen and oxygen atoms in total. The van der Waals surface area contributed by atoms with Gasteiger partial charge in [0.15, 0.2) is 0 Å². The minimum Gasteiger partial charge on any atom is -0.496 e. The van der Waals surface area contributed by atoms with Crippen LogP contribution in [0.2, 0.25) is 5.15 Å². The molecule has 0 spiro atoms. The summed E-state index contributed by atoms with van der Waals surface area (Å²) in [6.45, 7) is 0. The van der Waals surface area contributed by atoms with Crippen LogP contribution < -0.4 is 10.1 Å². The Morgan fingerprint density at radius 1 is 1.04 bits per heavy atom. The van der Waals surface area contributed by atoms with Gasteiger partial charge in [-0.1, -0.05) is 17.7 Å². The maximum atomic E-state index is 14.2. The number of methoxy groups -OCH3 is 1. The van der Waals surface area contributed by atoms with E-state index in [1.54, 1.807) is 18.2 Å². The molecule has 7 heteroatoms. The predicted octanol–water partition coefficient (Wildman–Crippen LogP) is 4.83. The Morgan fingerprint density at radius 2 is 1.88 bits per heavy atom. The third-order valence-electron chi connectivity index (χ3n) is 3.28. The van der Waals surface area contributed by atoms with Gasteiger partial charge >= 0.3 is 0 Å². The minimum atomic E-state index is -0.551. The molecule has 1 aromatic carbocycles. The number of nitrogens with one attached hydrogen (secondary N) is 1. The molecule has 24 heavy (non-hydrogen) atoms. The first-order valence-corrected chi connectivity index (χ1v) is 7.33. The fraction of sp³-hybridized carbons (Fsp3) is 0.0588. The van der Waals surface area contributed by atoms with Crippen LogP contribution in [0.4, 0.5) is 20.4 Å². The van der Waals surface area contributed by atoms with Gasteiger partial charge in [-0.25, -0.2) is 18.7 Å². The van der Waals surface area contributed by atoms with Crippen LogP contribution in [0.25, 0.3) is 11.1 Å². The quantitative estimate of drug-likeness (QED) is 0.687. The van der Waals surface area contributed by atoms with Crippen LogP contribution in [-0.2, 0) is 0 Å². The highest BCUT2D eigenvalue weighted by molar-refractivity contribution is 6.29. The molecule has 2 heterocycles. The molecule has 0 saturated heterocycles. The first-order valence-electron chi connectivity index (χ1n) is 6.96. The maximum absolute atomic E-state index is 14.2. The molecule has 0 unspecified atom stereocenters. The molecule has 1 N–H and O–H groups in total. The summed E-state index contributed by atoms with van der Waals surface area (Å²) < 4.78 is 32.7. The SMILES string of the molecule is COc1cc(F)ccc1-c1cc(Nc2cccc(Cl)n2)ncc1F. The van der Waals surface area contributed by atoms with E-state index in [9.17, 15) is 8.78 Å². The van der Waals surface area contributed by atoms with E-state index in [1.165, 1.54) is 31.4 Å². The third-order valence-corrected chi connectivity index (χ3v) is 3.49. The normalized spacial score (nSPS) is 10.5. The Bertz CT molecular complexity index is 889. The van der Waals surface area contributed by atoms with Gasteiger partial charge in [-0.3, -0.25) is 0 Å². The third kappa shape index (κ3) is 3.44. The summed E-state index contributed by atoms with van der Waals surface area (Å²) in [5.74, 6) is 0.0501. The molecule has 0 aliphatic carbocycles. The van der Waals surface area contributed by atoms with Crippen LogP contribution in [0.5, 0.6) is 5.75 Å². The highest BCUT2D eigenvalue weighted by atomic mass is 35.5. The van der Waals surface area contributed by atoms with Gasteiger partial charge in [0, 0.05) is 17.2 Å². The van der Waals surface area contributed by atoms with Crippen molar-refractivity contribution in [3.05, 3.63) is 65.4 Å². The molecule has 3 aromatic rings. The van der Waals surface area contributed by atoms with Crippen molar-refractivity contribution in [2.75, 3.05) is 12.4 Å². The Labute approximate surface area is 142 Å². The molecule has 0 aliphatic heterocycles. The number of hydrogen-bond acceptors (Lipinski definition) is 4. The number of nitrogens with zero attached hydrogens (tertiary/aromatic N) is 2. The van der Waals surface area contributed by atoms with Crippen molar-refractivity contribution in [3.63, 3.8) is 0 Å². The molecule has 0 saturated carbocycles. The second-order valence-corrected chi connectivity index (χ2v) is 5.25. The van der Waals surface area contributed by atoms with Gasteiger partial charge in [-0.05, 0) is 30.3 Å². The fourth-order valence-corrected chi connectivity index (χ4v) is 2.37. The van der Waals surface area contributed by atoms with E-state index in [0.29, 0.717) is 22.4 Å². The zero-order valence-corrected chi connectivity index (χ0v) is 13.3. The van der Waals surface area contributed by atoms with Crippen LogP contribution in [0, 0.1) is 11.6 Å². The summed E-state index contributed by atoms with van der Waals surface area (Å²) >= 11 is 5.83. The topological polar surface area (TPSA) is 47.0 Å². The van der Waals surface area contributed by atoms with Gasteiger partial charge in [0.25, 0.3) is 0 Å². The molecule has 0 radical (unpaired) electrons. The van der Waals surface area contributed by atoms with Gasteiger partial charge in [-0.15, -0.1) is 0 Å². The van der Waals surface area contributed by atoms with Gasteiger partial charge in [-0.2, -0.15) is 0 Å². The Balaban J connectivity index is 2.01. The van der Waals surface area contributed by atoms with Crippen LogP contribution in [0.15, 0.2) is 48.7 Å².